The fourth-order valence-corrected chi connectivity index (χ4v) is 2.48. The summed E-state index contributed by atoms with van der Waals surface area (Å²) in [7, 11) is 0. The van der Waals surface area contributed by atoms with E-state index in [1.165, 1.54) is 6.42 Å². The molecule has 1 atom stereocenters. The first-order chi connectivity index (χ1) is 9.25. The lowest BCUT2D eigenvalue weighted by Gasteiger charge is -2.24. The van der Waals surface area contributed by atoms with Crippen LogP contribution in [0.15, 0.2) is 0 Å². The third-order valence-corrected chi connectivity index (χ3v) is 3.94. The number of nitrogens with one attached hydrogen (secondary N) is 1. The third kappa shape index (κ3) is 4.82. The van der Waals surface area contributed by atoms with Gasteiger partial charge in [0, 0.05) is 19.6 Å². The van der Waals surface area contributed by atoms with Crippen LogP contribution in [0.4, 0.5) is 4.79 Å². The molecule has 1 saturated carbocycles. The number of rotatable bonds is 6. The molecule has 5 nitrogen and oxygen atoms in total. The zero-order valence-electron chi connectivity index (χ0n) is 11.4. The third-order valence-electron chi connectivity index (χ3n) is 3.94. The van der Waals surface area contributed by atoms with Gasteiger partial charge < -0.3 is 14.8 Å². The Kier molecular flexibility index (Phi) is 5.63. The van der Waals surface area contributed by atoms with Crippen LogP contribution in [0.25, 0.3) is 0 Å². The summed E-state index contributed by atoms with van der Waals surface area (Å²) in [6.45, 7) is 2.22. The Morgan fingerprint density at radius 2 is 2.05 bits per heavy atom. The molecule has 2 rings (SSSR count). The molecular weight excluding hydrogens is 246 g/mol. The molecule has 2 aliphatic rings. The van der Waals surface area contributed by atoms with Gasteiger partial charge in [0.15, 0.2) is 5.78 Å². The molecule has 1 saturated heterocycles. The molecule has 1 aliphatic heterocycles. The molecule has 19 heavy (non-hydrogen) atoms. The molecule has 0 bridgehead atoms. The number of Topliss-reactive ketones (excluding diaryl/α,β-unsaturated/α-hetero) is 1. The number of carbonyl (C=O) groups is 2. The first-order valence-corrected chi connectivity index (χ1v) is 7.29. The van der Waals surface area contributed by atoms with Crippen LogP contribution in [0.5, 0.6) is 0 Å². The molecular formula is C14H23NO4. The molecule has 108 valence electrons. The smallest absolute Gasteiger partial charge is 0.407 e. The van der Waals surface area contributed by atoms with Gasteiger partial charge >= 0.3 is 6.09 Å². The Morgan fingerprint density at radius 3 is 2.68 bits per heavy atom. The Labute approximate surface area is 114 Å². The second kappa shape index (κ2) is 7.48. The fraction of sp³-hybridized carbons (Fsp3) is 0.857. The summed E-state index contributed by atoms with van der Waals surface area (Å²) < 4.78 is 10.4. The van der Waals surface area contributed by atoms with Crippen LogP contribution >= 0.6 is 0 Å². The molecule has 0 aromatic rings. The average Bonchev–Trinajstić information content (AvgIpc) is 2.44. The van der Waals surface area contributed by atoms with Crippen molar-refractivity contribution in [2.24, 2.45) is 5.92 Å². The lowest BCUT2D eigenvalue weighted by atomic mass is 9.91. The summed E-state index contributed by atoms with van der Waals surface area (Å²) in [5, 5.41) is 2.58. The van der Waals surface area contributed by atoms with Crippen molar-refractivity contribution in [2.45, 2.75) is 51.0 Å². The van der Waals surface area contributed by atoms with E-state index in [9.17, 15) is 9.59 Å². The molecule has 1 N–H and O–H groups in total. The van der Waals surface area contributed by atoms with Gasteiger partial charge in [-0.2, -0.15) is 0 Å². The molecule has 1 heterocycles. The SMILES string of the molecule is O=C(N[C@H]1CCC1=O)OCCCCC1CCOCC1. The van der Waals surface area contributed by atoms with E-state index in [1.54, 1.807) is 0 Å². The lowest BCUT2D eigenvalue weighted by Crippen LogP contribution is -2.47. The van der Waals surface area contributed by atoms with Crippen molar-refractivity contribution < 1.29 is 19.1 Å². The summed E-state index contributed by atoms with van der Waals surface area (Å²) >= 11 is 0. The van der Waals surface area contributed by atoms with Crippen molar-refractivity contribution in [1.29, 1.82) is 0 Å². The first kappa shape index (κ1) is 14.3. The van der Waals surface area contributed by atoms with Crippen molar-refractivity contribution in [1.82, 2.24) is 5.32 Å². The van der Waals surface area contributed by atoms with Gasteiger partial charge in [0.05, 0.1) is 12.6 Å². The van der Waals surface area contributed by atoms with Gasteiger partial charge in [-0.1, -0.05) is 6.42 Å². The van der Waals surface area contributed by atoms with E-state index in [0.717, 1.165) is 51.2 Å². The Morgan fingerprint density at radius 1 is 1.26 bits per heavy atom. The molecule has 1 aliphatic carbocycles. The van der Waals surface area contributed by atoms with Crippen molar-refractivity contribution in [3.05, 3.63) is 0 Å². The second-order valence-corrected chi connectivity index (χ2v) is 5.39. The zero-order valence-corrected chi connectivity index (χ0v) is 11.4. The normalized spacial score (nSPS) is 23.8. The summed E-state index contributed by atoms with van der Waals surface area (Å²) in [6, 6.07) is -0.297. The molecule has 5 heteroatoms. The highest BCUT2D eigenvalue weighted by Gasteiger charge is 2.29. The maximum atomic E-state index is 11.4. The molecule has 0 aromatic heterocycles. The van der Waals surface area contributed by atoms with Crippen LogP contribution < -0.4 is 5.32 Å². The summed E-state index contributed by atoms with van der Waals surface area (Å²) in [5.74, 6) is 0.881. The molecule has 1 amide bonds. The van der Waals surface area contributed by atoms with Crippen LogP contribution in [0.2, 0.25) is 0 Å². The minimum absolute atomic E-state index is 0.108. The maximum Gasteiger partial charge on any atom is 0.407 e. The quantitative estimate of drug-likeness (QED) is 0.749. The topological polar surface area (TPSA) is 64.6 Å². The van der Waals surface area contributed by atoms with Gasteiger partial charge in [-0.25, -0.2) is 4.79 Å². The number of ketones is 1. The highest BCUT2D eigenvalue weighted by molar-refractivity contribution is 5.92. The molecule has 0 unspecified atom stereocenters. The Bertz CT molecular complexity index is 313. The summed E-state index contributed by atoms with van der Waals surface area (Å²) in [4.78, 5) is 22.4. The maximum absolute atomic E-state index is 11.4. The predicted molar refractivity (Wildman–Crippen MR) is 69.9 cm³/mol. The zero-order chi connectivity index (χ0) is 13.5. The highest BCUT2D eigenvalue weighted by Crippen LogP contribution is 2.20. The van der Waals surface area contributed by atoms with Gasteiger partial charge in [-0.3, -0.25) is 4.79 Å². The van der Waals surface area contributed by atoms with Crippen LogP contribution in [0, 0.1) is 5.92 Å². The van der Waals surface area contributed by atoms with E-state index >= 15 is 0 Å². The van der Waals surface area contributed by atoms with Crippen molar-refractivity contribution in [3.8, 4) is 0 Å². The van der Waals surface area contributed by atoms with Gasteiger partial charge in [-0.15, -0.1) is 0 Å². The van der Waals surface area contributed by atoms with Crippen molar-refractivity contribution >= 4 is 11.9 Å². The standard InChI is InChI=1S/C14H23NO4/c16-13-5-4-12(13)15-14(17)19-8-2-1-3-11-6-9-18-10-7-11/h11-12H,1-10H2,(H,15,17)/t12-/m0/s1. The van der Waals surface area contributed by atoms with E-state index in [2.05, 4.69) is 5.32 Å². The number of alkyl carbamates (subject to hydrolysis) is 1. The van der Waals surface area contributed by atoms with Crippen molar-refractivity contribution in [3.63, 3.8) is 0 Å². The van der Waals surface area contributed by atoms with E-state index in [0.29, 0.717) is 13.0 Å². The minimum Gasteiger partial charge on any atom is -0.450 e. The van der Waals surface area contributed by atoms with Gasteiger partial charge in [0.1, 0.15) is 0 Å². The van der Waals surface area contributed by atoms with E-state index < -0.39 is 6.09 Å². The van der Waals surface area contributed by atoms with Crippen LogP contribution in [0.3, 0.4) is 0 Å². The fourth-order valence-electron chi connectivity index (χ4n) is 2.48. The van der Waals surface area contributed by atoms with Gasteiger partial charge in [0.25, 0.3) is 0 Å². The molecule has 0 spiro atoms. The first-order valence-electron chi connectivity index (χ1n) is 7.29. The number of hydrogen-bond acceptors (Lipinski definition) is 4. The minimum atomic E-state index is -0.455. The van der Waals surface area contributed by atoms with Crippen LogP contribution in [-0.2, 0) is 14.3 Å². The van der Waals surface area contributed by atoms with Gasteiger partial charge in [0.2, 0.25) is 0 Å². The molecule has 2 fully saturated rings. The Balaban J connectivity index is 1.44. The van der Waals surface area contributed by atoms with Crippen molar-refractivity contribution in [2.75, 3.05) is 19.8 Å². The van der Waals surface area contributed by atoms with E-state index in [1.807, 2.05) is 0 Å². The highest BCUT2D eigenvalue weighted by atomic mass is 16.5. The number of carbonyl (C=O) groups excluding carboxylic acids is 2. The van der Waals surface area contributed by atoms with Crippen LogP contribution in [0.1, 0.15) is 44.9 Å². The summed E-state index contributed by atoms with van der Waals surface area (Å²) in [5.41, 5.74) is 0. The molecule has 0 radical (unpaired) electrons. The Hall–Kier alpha value is -1.10. The van der Waals surface area contributed by atoms with E-state index in [4.69, 9.17) is 9.47 Å². The lowest BCUT2D eigenvalue weighted by molar-refractivity contribution is -0.126. The predicted octanol–water partition coefficient (Wildman–Crippen LogP) is 2.04. The van der Waals surface area contributed by atoms with Crippen LogP contribution in [-0.4, -0.2) is 37.7 Å². The largest absolute Gasteiger partial charge is 0.450 e. The number of hydrogen-bond donors (Lipinski definition) is 1. The average molecular weight is 269 g/mol. The number of amides is 1. The molecule has 0 aromatic carbocycles. The monoisotopic (exact) mass is 269 g/mol. The van der Waals surface area contributed by atoms with E-state index in [-0.39, 0.29) is 11.8 Å². The number of unbranched alkanes of at least 4 members (excludes halogenated alkanes) is 1. The number of ether oxygens (including phenoxy) is 2. The second-order valence-electron chi connectivity index (χ2n) is 5.39. The van der Waals surface area contributed by atoms with Gasteiger partial charge in [-0.05, 0) is 38.0 Å². The summed E-state index contributed by atoms with van der Waals surface area (Å²) in [6.07, 6.45) is 6.35.